The molecule has 3 atom stereocenters. The maximum absolute atomic E-state index is 11.9. The van der Waals surface area contributed by atoms with Crippen molar-refractivity contribution in [1.29, 1.82) is 0 Å². The minimum Gasteiger partial charge on any atom is -0.488 e. The highest BCUT2D eigenvalue weighted by Crippen LogP contribution is 2.40. The number of piperidine rings is 1. The zero-order chi connectivity index (χ0) is 30.1. The van der Waals surface area contributed by atoms with E-state index in [1.165, 1.54) is 35.1 Å². The Morgan fingerprint density at radius 3 is 2.79 bits per heavy atom. The first-order chi connectivity index (χ1) is 20.7. The molecule has 3 aromatic rings. The van der Waals surface area contributed by atoms with Crippen molar-refractivity contribution in [2.24, 2.45) is 11.3 Å². The molecule has 3 aliphatic rings. The summed E-state index contributed by atoms with van der Waals surface area (Å²) in [5.74, 6) is 0.172. The number of carboxylic acid groups (broad SMARTS) is 1. The summed E-state index contributed by atoms with van der Waals surface area (Å²) in [4.78, 5) is 21.8. The van der Waals surface area contributed by atoms with Crippen molar-refractivity contribution in [3.63, 3.8) is 0 Å². The van der Waals surface area contributed by atoms with Crippen LogP contribution in [0.3, 0.4) is 0 Å². The topological polar surface area (TPSA) is 75.1 Å². The number of hydrogen-bond acceptors (Lipinski definition) is 7. The number of anilines is 1. The summed E-state index contributed by atoms with van der Waals surface area (Å²) in [5, 5.41) is 12.8. The molecule has 3 aliphatic heterocycles. The maximum atomic E-state index is 11.9. The monoisotopic (exact) mass is 603 g/mol. The maximum Gasteiger partial charge on any atom is 0.309 e. The smallest absolute Gasteiger partial charge is 0.309 e. The highest BCUT2D eigenvalue weighted by molar-refractivity contribution is 7.14. The summed E-state index contributed by atoms with van der Waals surface area (Å²) in [6.45, 7) is 14.1. The highest BCUT2D eigenvalue weighted by Gasteiger charge is 2.43. The number of aryl methyl sites for hydroxylation is 1. The van der Waals surface area contributed by atoms with Gasteiger partial charge in [-0.2, -0.15) is 0 Å². The lowest BCUT2D eigenvalue weighted by Crippen LogP contribution is -2.48. The first-order valence-electron chi connectivity index (χ1n) is 15.8. The summed E-state index contributed by atoms with van der Waals surface area (Å²) in [7, 11) is 0. The van der Waals surface area contributed by atoms with Crippen LogP contribution in [-0.4, -0.2) is 66.4 Å². The van der Waals surface area contributed by atoms with E-state index in [0.717, 1.165) is 66.8 Å². The number of hydrogen-bond donors (Lipinski definition) is 1. The van der Waals surface area contributed by atoms with E-state index in [0.29, 0.717) is 32.2 Å². The van der Waals surface area contributed by atoms with E-state index in [4.69, 9.17) is 14.5 Å². The van der Waals surface area contributed by atoms with Crippen LogP contribution in [0.2, 0.25) is 0 Å². The summed E-state index contributed by atoms with van der Waals surface area (Å²) in [6.07, 6.45) is 5.19. The Balaban J connectivity index is 1.16. The molecule has 6 rings (SSSR count). The van der Waals surface area contributed by atoms with Crippen LogP contribution in [0.15, 0.2) is 35.7 Å². The fourth-order valence-corrected chi connectivity index (χ4v) is 7.86. The number of aliphatic carboxylic acids is 1. The van der Waals surface area contributed by atoms with Crippen molar-refractivity contribution in [2.45, 2.75) is 72.4 Å². The third kappa shape index (κ3) is 6.19. The van der Waals surface area contributed by atoms with Gasteiger partial charge >= 0.3 is 5.97 Å². The number of rotatable bonds is 7. The molecule has 43 heavy (non-hydrogen) atoms. The van der Waals surface area contributed by atoms with E-state index in [2.05, 4.69) is 59.4 Å². The van der Waals surface area contributed by atoms with Gasteiger partial charge in [0.15, 0.2) is 5.13 Å². The van der Waals surface area contributed by atoms with Gasteiger partial charge in [0, 0.05) is 49.8 Å². The predicted octanol–water partition coefficient (Wildman–Crippen LogP) is 6.52. The van der Waals surface area contributed by atoms with Crippen molar-refractivity contribution in [3.8, 4) is 17.0 Å². The van der Waals surface area contributed by atoms with Crippen LogP contribution in [0.4, 0.5) is 5.13 Å². The first kappa shape index (κ1) is 30.1. The van der Waals surface area contributed by atoms with Gasteiger partial charge in [0.05, 0.1) is 17.7 Å². The lowest BCUT2D eigenvalue weighted by molar-refractivity contribution is -0.152. The van der Waals surface area contributed by atoms with Gasteiger partial charge in [-0.15, -0.1) is 11.3 Å². The van der Waals surface area contributed by atoms with Gasteiger partial charge < -0.3 is 19.5 Å². The average molecular weight is 604 g/mol. The van der Waals surface area contributed by atoms with E-state index in [1.807, 2.05) is 13.8 Å². The molecule has 0 saturated carbocycles. The number of aromatic nitrogens is 1. The number of ether oxygens (including phenoxy) is 2. The van der Waals surface area contributed by atoms with Gasteiger partial charge in [-0.05, 0) is 93.2 Å². The molecule has 7 nitrogen and oxygen atoms in total. The van der Waals surface area contributed by atoms with Crippen LogP contribution in [0.25, 0.3) is 11.3 Å². The molecular formula is C35H45N3O4S. The first-order valence-corrected chi connectivity index (χ1v) is 16.7. The Hall–Kier alpha value is -2.94. The molecule has 1 unspecified atom stereocenters. The van der Waals surface area contributed by atoms with Crippen LogP contribution < -0.4 is 9.64 Å². The third-order valence-corrected chi connectivity index (χ3v) is 11.2. The van der Waals surface area contributed by atoms with E-state index in [9.17, 15) is 9.90 Å². The molecule has 0 bridgehead atoms. The van der Waals surface area contributed by atoms with E-state index in [-0.39, 0.29) is 5.92 Å². The molecule has 0 spiro atoms. The number of carboxylic acids is 1. The van der Waals surface area contributed by atoms with Crippen molar-refractivity contribution in [1.82, 2.24) is 9.88 Å². The molecule has 8 heteroatoms. The van der Waals surface area contributed by atoms with E-state index >= 15 is 0 Å². The van der Waals surface area contributed by atoms with Crippen molar-refractivity contribution >= 4 is 22.4 Å². The molecule has 1 N–H and O–H groups in total. The van der Waals surface area contributed by atoms with Crippen LogP contribution in [-0.2, 0) is 29.0 Å². The summed E-state index contributed by atoms with van der Waals surface area (Å²) in [5.41, 5.74) is 7.94. The zero-order valence-corrected chi connectivity index (χ0v) is 26.8. The fourth-order valence-electron chi connectivity index (χ4n) is 7.00. The largest absolute Gasteiger partial charge is 0.488 e. The standard InChI is InChI=1S/C35H45N3O4S/c1-23-7-10-32(30(18-23)31-22-43-34(36-31)38-16-13-35(4,33(39)40)24(2)19-38)42-20-27-9-8-26-11-14-37(15-12-29(26)25(27)3)28-6-5-17-41-21-28/h7-10,18,22,24,28H,5-6,11-17,19-21H2,1-4H3,(H,39,40)/t24-,28?,35-/m0/s1. The van der Waals surface area contributed by atoms with Gasteiger partial charge in [-0.1, -0.05) is 30.7 Å². The van der Waals surface area contributed by atoms with E-state index < -0.39 is 11.4 Å². The molecule has 0 amide bonds. The molecule has 4 heterocycles. The number of nitrogens with zero attached hydrogens (tertiary/aromatic N) is 3. The predicted molar refractivity (Wildman–Crippen MR) is 172 cm³/mol. The minimum atomic E-state index is -0.706. The Bertz CT molecular complexity index is 1470. The van der Waals surface area contributed by atoms with Gasteiger partial charge in [0.1, 0.15) is 12.4 Å². The van der Waals surface area contributed by atoms with Gasteiger partial charge in [0.2, 0.25) is 0 Å². The summed E-state index contributed by atoms with van der Waals surface area (Å²) < 4.78 is 12.3. The van der Waals surface area contributed by atoms with Gasteiger partial charge in [-0.25, -0.2) is 4.98 Å². The number of fused-ring (bicyclic) bond motifs is 1. The molecule has 2 saturated heterocycles. The van der Waals surface area contributed by atoms with Crippen LogP contribution in [0.1, 0.15) is 60.9 Å². The van der Waals surface area contributed by atoms with Crippen LogP contribution >= 0.6 is 11.3 Å². The molecular weight excluding hydrogens is 558 g/mol. The second-order valence-corrected chi connectivity index (χ2v) is 13.9. The number of carbonyl (C=O) groups is 1. The minimum absolute atomic E-state index is 0.0393. The Kier molecular flexibility index (Phi) is 8.81. The number of benzene rings is 2. The second-order valence-electron chi connectivity index (χ2n) is 13.0. The quantitative estimate of drug-likeness (QED) is 0.329. The highest BCUT2D eigenvalue weighted by atomic mass is 32.1. The van der Waals surface area contributed by atoms with Gasteiger partial charge in [-0.3, -0.25) is 9.69 Å². The Morgan fingerprint density at radius 1 is 1.19 bits per heavy atom. The average Bonchev–Trinajstić information content (AvgIpc) is 3.39. The zero-order valence-electron chi connectivity index (χ0n) is 26.0. The van der Waals surface area contributed by atoms with Crippen molar-refractivity contribution in [3.05, 3.63) is 63.5 Å². The van der Waals surface area contributed by atoms with Crippen molar-refractivity contribution < 1.29 is 19.4 Å². The third-order valence-electron chi connectivity index (χ3n) is 10.3. The van der Waals surface area contributed by atoms with Gasteiger partial charge in [0.25, 0.3) is 0 Å². The lowest BCUT2D eigenvalue weighted by atomic mass is 9.73. The van der Waals surface area contributed by atoms with Crippen molar-refractivity contribution in [2.75, 3.05) is 44.3 Å². The van der Waals surface area contributed by atoms with Crippen LogP contribution in [0, 0.1) is 25.2 Å². The fraction of sp³-hybridized carbons (Fsp3) is 0.543. The number of thiazole rings is 1. The Labute approximate surface area is 259 Å². The lowest BCUT2D eigenvalue weighted by Gasteiger charge is -2.41. The molecule has 1 aromatic heterocycles. The molecule has 230 valence electrons. The molecule has 2 fully saturated rings. The SMILES string of the molecule is Cc1ccc(OCc2ccc3c(c2C)CCN(C2CCCOC2)CC3)c(-c2csc(N3CC[C@](C)(C(=O)O)[C@@H](C)C3)n2)c1. The summed E-state index contributed by atoms with van der Waals surface area (Å²) >= 11 is 1.62. The van der Waals surface area contributed by atoms with E-state index in [1.54, 1.807) is 11.3 Å². The summed E-state index contributed by atoms with van der Waals surface area (Å²) in [6, 6.07) is 11.4. The molecule has 0 aliphatic carbocycles. The normalized spacial score (nSPS) is 24.8. The second kappa shape index (κ2) is 12.6. The molecule has 2 aromatic carbocycles. The van der Waals surface area contributed by atoms with Crippen LogP contribution in [0.5, 0.6) is 5.75 Å². The Morgan fingerprint density at radius 2 is 2.02 bits per heavy atom. The molecule has 0 radical (unpaired) electrons.